The van der Waals surface area contributed by atoms with Gasteiger partial charge in [0.2, 0.25) is 0 Å². The largest absolute Gasteiger partial charge is 0.377 e. The number of ether oxygens (including phenoxy) is 2. The molecule has 1 aliphatic carbocycles. The van der Waals surface area contributed by atoms with Crippen molar-refractivity contribution in [2.24, 2.45) is 0 Å². The maximum atomic E-state index is 13.5. The van der Waals surface area contributed by atoms with Gasteiger partial charge in [0.25, 0.3) is 0 Å². The van der Waals surface area contributed by atoms with Gasteiger partial charge in [-0.25, -0.2) is 13.2 Å². The average molecular weight is 275 g/mol. The van der Waals surface area contributed by atoms with Gasteiger partial charge in [0.05, 0.1) is 17.8 Å². The van der Waals surface area contributed by atoms with Crippen LogP contribution in [0.4, 0.5) is 18.9 Å². The summed E-state index contributed by atoms with van der Waals surface area (Å²) in [6.45, 7) is 2.44. The molecule has 1 aromatic carbocycles. The van der Waals surface area contributed by atoms with E-state index < -0.39 is 17.5 Å². The Morgan fingerprint density at radius 1 is 1.26 bits per heavy atom. The van der Waals surface area contributed by atoms with E-state index in [0.717, 1.165) is 6.07 Å². The maximum absolute atomic E-state index is 13.5. The van der Waals surface area contributed by atoms with Crippen LogP contribution in [0.15, 0.2) is 12.1 Å². The van der Waals surface area contributed by atoms with Crippen molar-refractivity contribution in [3.05, 3.63) is 29.6 Å². The number of hydrogen-bond donors (Lipinski definition) is 1. The highest BCUT2D eigenvalue weighted by molar-refractivity contribution is 5.47. The van der Waals surface area contributed by atoms with Crippen LogP contribution in [0.5, 0.6) is 0 Å². The van der Waals surface area contributed by atoms with Crippen LogP contribution in [-0.4, -0.2) is 32.0 Å². The van der Waals surface area contributed by atoms with Crippen molar-refractivity contribution in [1.29, 1.82) is 0 Å². The van der Waals surface area contributed by atoms with Gasteiger partial charge in [-0.2, -0.15) is 0 Å². The van der Waals surface area contributed by atoms with Gasteiger partial charge < -0.3 is 14.8 Å². The number of methoxy groups -OCH3 is 1. The van der Waals surface area contributed by atoms with Crippen molar-refractivity contribution in [2.45, 2.75) is 31.6 Å². The van der Waals surface area contributed by atoms with Gasteiger partial charge >= 0.3 is 0 Å². The van der Waals surface area contributed by atoms with Gasteiger partial charge in [0.1, 0.15) is 6.10 Å². The molecule has 19 heavy (non-hydrogen) atoms. The molecule has 0 saturated heterocycles. The molecule has 1 aromatic rings. The third-order valence-corrected chi connectivity index (χ3v) is 3.28. The summed E-state index contributed by atoms with van der Waals surface area (Å²) in [6, 6.07) is 1.89. The van der Waals surface area contributed by atoms with Crippen LogP contribution in [0.3, 0.4) is 0 Å². The Labute approximate surface area is 109 Å². The van der Waals surface area contributed by atoms with E-state index >= 15 is 0 Å². The lowest BCUT2D eigenvalue weighted by Crippen LogP contribution is -2.56. The molecule has 0 aromatic heterocycles. The molecular formula is C13H16F3NO2. The molecular weight excluding hydrogens is 259 g/mol. The molecule has 3 unspecified atom stereocenters. The first-order valence-corrected chi connectivity index (χ1v) is 6.12. The molecule has 0 amide bonds. The number of halogens is 3. The Kier molecular flexibility index (Phi) is 4.31. The molecule has 1 fully saturated rings. The number of rotatable bonds is 5. The molecule has 106 valence electrons. The minimum atomic E-state index is -1.47. The van der Waals surface area contributed by atoms with E-state index in [9.17, 15) is 13.2 Å². The molecule has 3 atom stereocenters. The summed E-state index contributed by atoms with van der Waals surface area (Å²) in [5.74, 6) is -3.89. The van der Waals surface area contributed by atoms with Crippen molar-refractivity contribution in [3.8, 4) is 0 Å². The molecule has 2 rings (SSSR count). The average Bonchev–Trinajstić information content (AvgIpc) is 2.37. The van der Waals surface area contributed by atoms with Gasteiger partial charge in [-0.05, 0) is 25.5 Å². The highest BCUT2D eigenvalue weighted by Gasteiger charge is 2.42. The maximum Gasteiger partial charge on any atom is 0.196 e. The lowest BCUT2D eigenvalue weighted by Gasteiger charge is -2.43. The van der Waals surface area contributed by atoms with E-state index in [1.165, 1.54) is 13.2 Å². The van der Waals surface area contributed by atoms with Crippen LogP contribution >= 0.6 is 0 Å². The minimum absolute atomic E-state index is 0.0548. The monoisotopic (exact) mass is 275 g/mol. The Hall–Kier alpha value is -1.27. The van der Waals surface area contributed by atoms with Gasteiger partial charge in [-0.15, -0.1) is 0 Å². The zero-order chi connectivity index (χ0) is 14.0. The fourth-order valence-corrected chi connectivity index (χ4v) is 2.25. The number of nitrogens with one attached hydrogen (secondary N) is 1. The van der Waals surface area contributed by atoms with Gasteiger partial charge in [0.15, 0.2) is 17.5 Å². The van der Waals surface area contributed by atoms with E-state index in [2.05, 4.69) is 5.32 Å². The quantitative estimate of drug-likeness (QED) is 0.838. The van der Waals surface area contributed by atoms with Crippen LogP contribution in [-0.2, 0) is 9.47 Å². The van der Waals surface area contributed by atoms with E-state index in [1.54, 1.807) is 0 Å². The van der Waals surface area contributed by atoms with Crippen molar-refractivity contribution in [1.82, 2.24) is 0 Å². The second-order valence-electron chi connectivity index (χ2n) is 4.40. The summed E-state index contributed by atoms with van der Waals surface area (Å²) < 4.78 is 50.1. The summed E-state index contributed by atoms with van der Waals surface area (Å²) in [5, 5.41) is 2.82. The molecule has 1 aliphatic rings. The van der Waals surface area contributed by atoms with E-state index in [-0.39, 0.29) is 23.9 Å². The van der Waals surface area contributed by atoms with Crippen molar-refractivity contribution in [2.75, 3.05) is 19.0 Å². The number of hydrogen-bond acceptors (Lipinski definition) is 3. The molecule has 0 spiro atoms. The predicted molar refractivity (Wildman–Crippen MR) is 64.6 cm³/mol. The van der Waals surface area contributed by atoms with Crippen LogP contribution < -0.4 is 5.32 Å². The zero-order valence-electron chi connectivity index (χ0n) is 10.8. The van der Waals surface area contributed by atoms with Gasteiger partial charge in [0, 0.05) is 13.7 Å². The minimum Gasteiger partial charge on any atom is -0.377 e. The summed E-state index contributed by atoms with van der Waals surface area (Å²) >= 11 is 0. The van der Waals surface area contributed by atoms with E-state index in [0.29, 0.717) is 13.0 Å². The lowest BCUT2D eigenvalue weighted by molar-refractivity contribution is -0.118. The Morgan fingerprint density at radius 3 is 2.63 bits per heavy atom. The van der Waals surface area contributed by atoms with E-state index in [1.807, 2.05) is 6.92 Å². The van der Waals surface area contributed by atoms with Crippen molar-refractivity contribution >= 4 is 5.69 Å². The Morgan fingerprint density at radius 2 is 2.00 bits per heavy atom. The van der Waals surface area contributed by atoms with E-state index in [4.69, 9.17) is 9.47 Å². The molecule has 0 radical (unpaired) electrons. The smallest absolute Gasteiger partial charge is 0.196 e. The van der Waals surface area contributed by atoms with Crippen LogP contribution in [0.2, 0.25) is 0 Å². The molecule has 0 bridgehead atoms. The first-order chi connectivity index (χ1) is 9.08. The third-order valence-electron chi connectivity index (χ3n) is 3.28. The highest BCUT2D eigenvalue weighted by atomic mass is 19.2. The van der Waals surface area contributed by atoms with Crippen LogP contribution in [0.25, 0.3) is 0 Å². The van der Waals surface area contributed by atoms with Crippen molar-refractivity contribution < 1.29 is 22.6 Å². The number of anilines is 1. The second-order valence-corrected chi connectivity index (χ2v) is 4.40. The second kappa shape index (κ2) is 5.79. The predicted octanol–water partition coefficient (Wildman–Crippen LogP) is 2.71. The van der Waals surface area contributed by atoms with Crippen LogP contribution in [0.1, 0.15) is 13.3 Å². The molecule has 0 heterocycles. The summed E-state index contributed by atoms with van der Waals surface area (Å²) in [7, 11) is 1.53. The Bertz CT molecular complexity index is 456. The molecule has 0 aliphatic heterocycles. The van der Waals surface area contributed by atoms with Gasteiger partial charge in [-0.1, -0.05) is 0 Å². The standard InChI is InChI=1S/C13H16F3NO2/c1-3-19-10-6-9(13(10)18-2)17-8-5-4-7(14)11(15)12(8)16/h4-5,9-10,13,17H,3,6H2,1-2H3. The molecule has 1 N–H and O–H groups in total. The summed E-state index contributed by atoms with van der Waals surface area (Å²) in [4.78, 5) is 0. The fraction of sp³-hybridized carbons (Fsp3) is 0.538. The summed E-state index contributed by atoms with van der Waals surface area (Å²) in [6.07, 6.45) is 0.346. The molecule has 1 saturated carbocycles. The third kappa shape index (κ3) is 2.69. The highest BCUT2D eigenvalue weighted by Crippen LogP contribution is 2.31. The lowest BCUT2D eigenvalue weighted by atomic mass is 9.85. The molecule has 3 nitrogen and oxygen atoms in total. The molecule has 6 heteroatoms. The normalized spacial score (nSPS) is 26.1. The van der Waals surface area contributed by atoms with Crippen molar-refractivity contribution in [3.63, 3.8) is 0 Å². The first kappa shape index (κ1) is 14.1. The SMILES string of the molecule is CCOC1CC(Nc2ccc(F)c(F)c2F)C1OC. The number of benzene rings is 1. The summed E-state index contributed by atoms with van der Waals surface area (Å²) in [5.41, 5.74) is -0.0686. The Balaban J connectivity index is 2.05. The first-order valence-electron chi connectivity index (χ1n) is 6.12. The fourth-order valence-electron chi connectivity index (χ4n) is 2.25. The van der Waals surface area contributed by atoms with Crippen LogP contribution in [0, 0.1) is 17.5 Å². The van der Waals surface area contributed by atoms with Gasteiger partial charge in [-0.3, -0.25) is 0 Å². The topological polar surface area (TPSA) is 30.5 Å². The zero-order valence-corrected chi connectivity index (χ0v) is 10.8.